The van der Waals surface area contributed by atoms with Crippen LogP contribution in [0.15, 0.2) is 54.6 Å². The largest absolute Gasteiger partial charge is 0.367 e. The lowest BCUT2D eigenvalue weighted by molar-refractivity contribution is 0.0190. The normalized spacial score (nSPS) is 13.9. The van der Waals surface area contributed by atoms with Crippen molar-refractivity contribution in [3.05, 3.63) is 71.5 Å². The van der Waals surface area contributed by atoms with E-state index in [0.717, 1.165) is 12.0 Å². The first-order valence-corrected chi connectivity index (χ1v) is 6.88. The molecule has 0 saturated heterocycles. The maximum atomic E-state index is 13.9. The van der Waals surface area contributed by atoms with Crippen LogP contribution in [0, 0.1) is 5.82 Å². The maximum absolute atomic E-state index is 13.9. The number of hydrogen-bond acceptors (Lipinski definition) is 2. The lowest BCUT2D eigenvalue weighted by atomic mass is 10.0. The SMILES string of the molecule is CCC(N)C(OCc1ccccc1)c1ccccc1F. The molecule has 0 radical (unpaired) electrons. The minimum atomic E-state index is -0.429. The second-order valence-corrected chi connectivity index (χ2v) is 4.81. The molecule has 0 aliphatic rings. The molecule has 0 fully saturated rings. The number of nitrogens with two attached hydrogens (primary N) is 1. The van der Waals surface area contributed by atoms with Crippen molar-refractivity contribution in [3.63, 3.8) is 0 Å². The minimum absolute atomic E-state index is 0.226. The van der Waals surface area contributed by atoms with Gasteiger partial charge in [-0.25, -0.2) is 4.39 Å². The predicted molar refractivity (Wildman–Crippen MR) is 78.6 cm³/mol. The van der Waals surface area contributed by atoms with Crippen molar-refractivity contribution in [2.45, 2.75) is 32.1 Å². The second-order valence-electron chi connectivity index (χ2n) is 4.81. The van der Waals surface area contributed by atoms with Crippen LogP contribution < -0.4 is 5.73 Å². The predicted octanol–water partition coefficient (Wildman–Crippen LogP) is 3.82. The zero-order valence-electron chi connectivity index (χ0n) is 11.6. The summed E-state index contributed by atoms with van der Waals surface area (Å²) in [5.41, 5.74) is 7.67. The molecule has 0 heterocycles. The van der Waals surface area contributed by atoms with Crippen molar-refractivity contribution in [2.24, 2.45) is 5.73 Å². The molecule has 0 aliphatic heterocycles. The first-order chi connectivity index (χ1) is 9.72. The second kappa shape index (κ2) is 7.17. The summed E-state index contributed by atoms with van der Waals surface area (Å²) in [5, 5.41) is 0. The molecule has 0 aromatic heterocycles. The van der Waals surface area contributed by atoms with Crippen molar-refractivity contribution in [2.75, 3.05) is 0 Å². The molecule has 20 heavy (non-hydrogen) atoms. The van der Waals surface area contributed by atoms with Crippen molar-refractivity contribution in [1.29, 1.82) is 0 Å². The average Bonchev–Trinajstić information content (AvgIpc) is 2.50. The van der Waals surface area contributed by atoms with Crippen LogP contribution in [-0.4, -0.2) is 6.04 Å². The van der Waals surface area contributed by atoms with Gasteiger partial charge in [0.2, 0.25) is 0 Å². The Morgan fingerprint density at radius 1 is 1.05 bits per heavy atom. The standard InChI is InChI=1S/C17H20FNO/c1-2-16(19)17(14-10-6-7-11-15(14)18)20-12-13-8-4-3-5-9-13/h3-11,16-17H,2,12,19H2,1H3. The van der Waals surface area contributed by atoms with Gasteiger partial charge in [0.05, 0.1) is 6.61 Å². The van der Waals surface area contributed by atoms with Gasteiger partial charge >= 0.3 is 0 Å². The molecule has 3 heteroatoms. The molecule has 2 unspecified atom stereocenters. The van der Waals surface area contributed by atoms with Crippen LogP contribution in [0.2, 0.25) is 0 Å². The molecular formula is C17H20FNO. The fourth-order valence-electron chi connectivity index (χ4n) is 2.12. The Morgan fingerprint density at radius 2 is 1.70 bits per heavy atom. The van der Waals surface area contributed by atoms with Gasteiger partial charge in [0, 0.05) is 11.6 Å². The molecule has 2 atom stereocenters. The van der Waals surface area contributed by atoms with Crippen LogP contribution in [0.25, 0.3) is 0 Å². The number of rotatable bonds is 6. The fraction of sp³-hybridized carbons (Fsp3) is 0.294. The number of benzene rings is 2. The van der Waals surface area contributed by atoms with Gasteiger partial charge in [-0.15, -0.1) is 0 Å². The third kappa shape index (κ3) is 3.65. The van der Waals surface area contributed by atoms with Crippen LogP contribution in [0.3, 0.4) is 0 Å². The first kappa shape index (κ1) is 14.7. The Kier molecular flexibility index (Phi) is 5.27. The molecule has 0 saturated carbocycles. The van der Waals surface area contributed by atoms with Crippen LogP contribution in [0.5, 0.6) is 0 Å². The Bertz CT molecular complexity index is 530. The van der Waals surface area contributed by atoms with E-state index >= 15 is 0 Å². The van der Waals surface area contributed by atoms with E-state index in [1.165, 1.54) is 6.07 Å². The molecule has 106 valence electrons. The molecule has 2 aromatic rings. The summed E-state index contributed by atoms with van der Waals surface area (Å²) >= 11 is 0. The lowest BCUT2D eigenvalue weighted by Crippen LogP contribution is -2.30. The highest BCUT2D eigenvalue weighted by atomic mass is 19.1. The molecular weight excluding hydrogens is 253 g/mol. The Labute approximate surface area is 119 Å². The van der Waals surface area contributed by atoms with E-state index in [-0.39, 0.29) is 11.9 Å². The van der Waals surface area contributed by atoms with E-state index in [0.29, 0.717) is 12.2 Å². The number of ether oxygens (including phenoxy) is 1. The van der Waals surface area contributed by atoms with E-state index < -0.39 is 6.10 Å². The Morgan fingerprint density at radius 3 is 2.35 bits per heavy atom. The van der Waals surface area contributed by atoms with Gasteiger partial charge in [0.15, 0.2) is 0 Å². The quantitative estimate of drug-likeness (QED) is 0.868. The topological polar surface area (TPSA) is 35.2 Å². The van der Waals surface area contributed by atoms with E-state index in [9.17, 15) is 4.39 Å². The molecule has 2 nitrogen and oxygen atoms in total. The van der Waals surface area contributed by atoms with E-state index in [4.69, 9.17) is 10.5 Å². The molecule has 2 N–H and O–H groups in total. The molecule has 0 spiro atoms. The summed E-state index contributed by atoms with van der Waals surface area (Å²) in [6.07, 6.45) is 0.301. The molecule has 2 rings (SSSR count). The summed E-state index contributed by atoms with van der Waals surface area (Å²) in [6.45, 7) is 2.40. The maximum Gasteiger partial charge on any atom is 0.129 e. The first-order valence-electron chi connectivity index (χ1n) is 6.88. The Balaban J connectivity index is 2.15. The van der Waals surface area contributed by atoms with Gasteiger partial charge in [0.1, 0.15) is 11.9 Å². The average molecular weight is 273 g/mol. The number of hydrogen-bond donors (Lipinski definition) is 1. The summed E-state index contributed by atoms with van der Waals surface area (Å²) in [6, 6.07) is 16.3. The van der Waals surface area contributed by atoms with Crippen molar-refractivity contribution in [3.8, 4) is 0 Å². The third-order valence-electron chi connectivity index (χ3n) is 3.34. The highest BCUT2D eigenvalue weighted by molar-refractivity contribution is 5.22. The summed E-state index contributed by atoms with van der Waals surface area (Å²) in [4.78, 5) is 0. The summed E-state index contributed by atoms with van der Waals surface area (Å²) in [7, 11) is 0. The highest BCUT2D eigenvalue weighted by Gasteiger charge is 2.22. The van der Waals surface area contributed by atoms with Crippen molar-refractivity contribution >= 4 is 0 Å². The van der Waals surface area contributed by atoms with Gasteiger partial charge in [-0.3, -0.25) is 0 Å². The van der Waals surface area contributed by atoms with Crippen LogP contribution in [0.1, 0.15) is 30.6 Å². The molecule has 0 aliphatic carbocycles. The lowest BCUT2D eigenvalue weighted by Gasteiger charge is -2.24. The van der Waals surface area contributed by atoms with E-state index in [1.54, 1.807) is 18.2 Å². The fourth-order valence-corrected chi connectivity index (χ4v) is 2.12. The van der Waals surface area contributed by atoms with E-state index in [1.807, 2.05) is 37.3 Å². The van der Waals surface area contributed by atoms with Crippen LogP contribution in [0.4, 0.5) is 4.39 Å². The molecule has 2 aromatic carbocycles. The number of halogens is 1. The van der Waals surface area contributed by atoms with Crippen molar-refractivity contribution in [1.82, 2.24) is 0 Å². The zero-order valence-corrected chi connectivity index (χ0v) is 11.6. The summed E-state index contributed by atoms with van der Waals surface area (Å²) in [5.74, 6) is -0.269. The monoisotopic (exact) mass is 273 g/mol. The third-order valence-corrected chi connectivity index (χ3v) is 3.34. The Hall–Kier alpha value is -1.71. The smallest absolute Gasteiger partial charge is 0.129 e. The minimum Gasteiger partial charge on any atom is -0.367 e. The van der Waals surface area contributed by atoms with Gasteiger partial charge < -0.3 is 10.5 Å². The van der Waals surface area contributed by atoms with Crippen LogP contribution in [-0.2, 0) is 11.3 Å². The summed E-state index contributed by atoms with van der Waals surface area (Å²) < 4.78 is 19.8. The zero-order chi connectivity index (χ0) is 14.4. The van der Waals surface area contributed by atoms with Gasteiger partial charge in [0.25, 0.3) is 0 Å². The highest BCUT2D eigenvalue weighted by Crippen LogP contribution is 2.25. The molecule has 0 amide bonds. The van der Waals surface area contributed by atoms with Gasteiger partial charge in [-0.1, -0.05) is 55.5 Å². The molecule has 0 bridgehead atoms. The van der Waals surface area contributed by atoms with Gasteiger partial charge in [-0.05, 0) is 18.1 Å². The van der Waals surface area contributed by atoms with Gasteiger partial charge in [-0.2, -0.15) is 0 Å². The van der Waals surface area contributed by atoms with E-state index in [2.05, 4.69) is 0 Å². The van der Waals surface area contributed by atoms with Crippen molar-refractivity contribution < 1.29 is 9.13 Å². The van der Waals surface area contributed by atoms with Crippen LogP contribution >= 0.6 is 0 Å².